The lowest BCUT2D eigenvalue weighted by Gasteiger charge is -2.30. The molecule has 3 N–H and O–H groups in total. The summed E-state index contributed by atoms with van der Waals surface area (Å²) in [5.41, 5.74) is -1.20. The lowest BCUT2D eigenvalue weighted by molar-refractivity contribution is -0.148. The normalized spacial score (nSPS) is 23.8. The number of carboxylic acid groups (broad SMARTS) is 1. The lowest BCUT2D eigenvalue weighted by atomic mass is 9.96. The van der Waals surface area contributed by atoms with Gasteiger partial charge in [0.05, 0.1) is 13.2 Å². The van der Waals surface area contributed by atoms with Gasteiger partial charge in [0, 0.05) is 6.54 Å². The molecular formula is C11H20N2O4. The first-order chi connectivity index (χ1) is 7.99. The molecule has 2 atom stereocenters. The zero-order chi connectivity index (χ0) is 12.9. The molecule has 0 saturated carbocycles. The van der Waals surface area contributed by atoms with Gasteiger partial charge in [-0.15, -0.1) is 0 Å². The Bertz CT molecular complexity index is 289. The van der Waals surface area contributed by atoms with Gasteiger partial charge in [-0.1, -0.05) is 13.3 Å². The first-order valence-electron chi connectivity index (χ1n) is 5.86. The van der Waals surface area contributed by atoms with Gasteiger partial charge in [-0.3, -0.25) is 4.79 Å². The minimum atomic E-state index is -1.20. The van der Waals surface area contributed by atoms with Crippen LogP contribution in [0.3, 0.4) is 0 Å². The molecule has 0 aromatic carbocycles. The Morgan fingerprint density at radius 2 is 2.29 bits per heavy atom. The molecule has 0 spiro atoms. The van der Waals surface area contributed by atoms with Gasteiger partial charge in [0.15, 0.2) is 0 Å². The van der Waals surface area contributed by atoms with E-state index < -0.39 is 17.6 Å². The highest BCUT2D eigenvalue weighted by Gasteiger charge is 2.36. The van der Waals surface area contributed by atoms with E-state index in [9.17, 15) is 9.59 Å². The maximum absolute atomic E-state index is 11.9. The van der Waals surface area contributed by atoms with Crippen molar-refractivity contribution in [2.45, 2.75) is 38.3 Å². The lowest BCUT2D eigenvalue weighted by Crippen LogP contribution is -2.59. The number of aliphatic carboxylic acids is 1. The quantitative estimate of drug-likeness (QED) is 0.620. The summed E-state index contributed by atoms with van der Waals surface area (Å²) < 4.78 is 5.17. The number of hydrogen-bond acceptors (Lipinski definition) is 4. The molecule has 0 radical (unpaired) electrons. The fraction of sp³-hybridized carbons (Fsp3) is 0.818. The molecule has 6 heteroatoms. The second kappa shape index (κ2) is 5.97. The molecule has 1 aliphatic heterocycles. The van der Waals surface area contributed by atoms with Crippen molar-refractivity contribution < 1.29 is 19.4 Å². The van der Waals surface area contributed by atoms with Gasteiger partial charge in [0.2, 0.25) is 5.91 Å². The number of carbonyl (C=O) groups excluding carboxylic acids is 1. The maximum Gasteiger partial charge on any atom is 0.329 e. The predicted octanol–water partition coefficient (Wildman–Crippen LogP) is -0.266. The van der Waals surface area contributed by atoms with Gasteiger partial charge >= 0.3 is 5.97 Å². The SMILES string of the molecule is CCCC(C)(NC(=O)C1COCCN1)C(=O)O. The largest absolute Gasteiger partial charge is 0.480 e. The zero-order valence-electron chi connectivity index (χ0n) is 10.3. The molecule has 2 unspecified atom stereocenters. The second-order valence-corrected chi connectivity index (χ2v) is 4.46. The van der Waals surface area contributed by atoms with Gasteiger partial charge in [-0.05, 0) is 13.3 Å². The third-order valence-corrected chi connectivity index (χ3v) is 2.86. The number of amides is 1. The molecule has 0 bridgehead atoms. The van der Waals surface area contributed by atoms with Crippen LogP contribution in [-0.4, -0.2) is 48.3 Å². The van der Waals surface area contributed by atoms with Crippen LogP contribution in [0.1, 0.15) is 26.7 Å². The number of morpholine rings is 1. The second-order valence-electron chi connectivity index (χ2n) is 4.46. The predicted molar refractivity (Wildman–Crippen MR) is 61.7 cm³/mol. The van der Waals surface area contributed by atoms with Crippen molar-refractivity contribution in [1.82, 2.24) is 10.6 Å². The zero-order valence-corrected chi connectivity index (χ0v) is 10.3. The van der Waals surface area contributed by atoms with Crippen LogP contribution >= 0.6 is 0 Å². The van der Waals surface area contributed by atoms with Crippen LogP contribution in [0.2, 0.25) is 0 Å². The summed E-state index contributed by atoms with van der Waals surface area (Å²) in [7, 11) is 0. The number of carbonyl (C=O) groups is 2. The number of carboxylic acids is 1. The molecule has 1 amide bonds. The van der Waals surface area contributed by atoms with Crippen molar-refractivity contribution >= 4 is 11.9 Å². The average Bonchev–Trinajstić information content (AvgIpc) is 2.30. The van der Waals surface area contributed by atoms with Crippen molar-refractivity contribution in [2.24, 2.45) is 0 Å². The average molecular weight is 244 g/mol. The molecular weight excluding hydrogens is 224 g/mol. The summed E-state index contributed by atoms with van der Waals surface area (Å²) >= 11 is 0. The molecule has 1 rings (SSSR count). The fourth-order valence-electron chi connectivity index (χ4n) is 1.82. The third-order valence-electron chi connectivity index (χ3n) is 2.86. The highest BCUT2D eigenvalue weighted by molar-refractivity contribution is 5.89. The van der Waals surface area contributed by atoms with Crippen LogP contribution in [0, 0.1) is 0 Å². The van der Waals surface area contributed by atoms with E-state index in [1.807, 2.05) is 6.92 Å². The summed E-state index contributed by atoms with van der Waals surface area (Å²) in [5.74, 6) is -1.33. The molecule has 6 nitrogen and oxygen atoms in total. The van der Waals surface area contributed by atoms with Gasteiger partial charge in [0.25, 0.3) is 0 Å². The molecule has 98 valence electrons. The van der Waals surface area contributed by atoms with E-state index in [0.29, 0.717) is 26.0 Å². The molecule has 17 heavy (non-hydrogen) atoms. The third kappa shape index (κ3) is 3.67. The monoisotopic (exact) mass is 244 g/mol. The Balaban J connectivity index is 2.60. The van der Waals surface area contributed by atoms with Gasteiger partial charge in [-0.25, -0.2) is 4.79 Å². The first-order valence-corrected chi connectivity index (χ1v) is 5.86. The molecule has 0 aromatic rings. The highest BCUT2D eigenvalue weighted by atomic mass is 16.5. The van der Waals surface area contributed by atoms with Crippen LogP contribution in [0.15, 0.2) is 0 Å². The number of nitrogens with one attached hydrogen (secondary N) is 2. The van der Waals surface area contributed by atoms with E-state index in [2.05, 4.69) is 10.6 Å². The summed E-state index contributed by atoms with van der Waals surface area (Å²) in [6.45, 7) is 4.88. The highest BCUT2D eigenvalue weighted by Crippen LogP contribution is 2.13. The van der Waals surface area contributed by atoms with Crippen LogP contribution in [0.4, 0.5) is 0 Å². The number of rotatable bonds is 5. The standard InChI is InChI=1S/C11H20N2O4/c1-3-4-11(2,10(15)16)13-9(14)8-7-17-6-5-12-8/h8,12H,3-7H2,1-2H3,(H,13,14)(H,15,16). The van der Waals surface area contributed by atoms with Crippen LogP contribution < -0.4 is 10.6 Å². The van der Waals surface area contributed by atoms with Crippen molar-refractivity contribution in [3.63, 3.8) is 0 Å². The fourth-order valence-corrected chi connectivity index (χ4v) is 1.82. The summed E-state index contributed by atoms with van der Waals surface area (Å²) in [6, 6.07) is -0.459. The topological polar surface area (TPSA) is 87.7 Å². The molecule has 0 aromatic heterocycles. The van der Waals surface area contributed by atoms with E-state index in [1.165, 1.54) is 6.92 Å². The molecule has 1 heterocycles. The minimum Gasteiger partial charge on any atom is -0.480 e. The number of ether oxygens (including phenoxy) is 1. The Labute approximate surface area is 101 Å². The summed E-state index contributed by atoms with van der Waals surface area (Å²) in [4.78, 5) is 23.0. The summed E-state index contributed by atoms with van der Waals surface area (Å²) in [5, 5.41) is 14.7. The van der Waals surface area contributed by atoms with Crippen LogP contribution in [0.5, 0.6) is 0 Å². The Hall–Kier alpha value is -1.14. The molecule has 1 fully saturated rings. The van der Waals surface area contributed by atoms with Gasteiger partial charge in [-0.2, -0.15) is 0 Å². The van der Waals surface area contributed by atoms with Crippen molar-refractivity contribution in [3.05, 3.63) is 0 Å². The molecule has 1 saturated heterocycles. The van der Waals surface area contributed by atoms with Crippen molar-refractivity contribution in [1.29, 1.82) is 0 Å². The van der Waals surface area contributed by atoms with Crippen LogP contribution in [-0.2, 0) is 14.3 Å². The van der Waals surface area contributed by atoms with Crippen molar-refractivity contribution in [2.75, 3.05) is 19.8 Å². The summed E-state index contributed by atoms with van der Waals surface area (Å²) in [6.07, 6.45) is 1.10. The first kappa shape index (κ1) is 13.9. The minimum absolute atomic E-state index is 0.285. The van der Waals surface area contributed by atoms with E-state index in [-0.39, 0.29) is 12.5 Å². The maximum atomic E-state index is 11.9. The van der Waals surface area contributed by atoms with E-state index >= 15 is 0 Å². The number of hydrogen-bond donors (Lipinski definition) is 3. The smallest absolute Gasteiger partial charge is 0.329 e. The van der Waals surface area contributed by atoms with E-state index in [1.54, 1.807) is 0 Å². The van der Waals surface area contributed by atoms with Gasteiger partial charge in [0.1, 0.15) is 11.6 Å². The molecule has 0 aliphatic carbocycles. The van der Waals surface area contributed by atoms with E-state index in [4.69, 9.17) is 9.84 Å². The van der Waals surface area contributed by atoms with E-state index in [0.717, 1.165) is 0 Å². The Morgan fingerprint density at radius 3 is 2.76 bits per heavy atom. The Kier molecular flexibility index (Phi) is 4.89. The Morgan fingerprint density at radius 1 is 1.59 bits per heavy atom. The van der Waals surface area contributed by atoms with Gasteiger partial charge < -0.3 is 20.5 Å². The van der Waals surface area contributed by atoms with Crippen LogP contribution in [0.25, 0.3) is 0 Å². The van der Waals surface area contributed by atoms with Crippen molar-refractivity contribution in [3.8, 4) is 0 Å². The molecule has 1 aliphatic rings.